The first-order chi connectivity index (χ1) is 36.4. The molecule has 0 saturated carbocycles. The van der Waals surface area contributed by atoms with E-state index < -0.39 is 26.6 Å². The summed E-state index contributed by atoms with van der Waals surface area (Å²) in [5.41, 5.74) is 0. The minimum absolute atomic E-state index is 0.0269. The van der Waals surface area contributed by atoms with Gasteiger partial charge in [-0.25, -0.2) is 0 Å². The Balaban J connectivity index is 5.23. The minimum Gasteiger partial charge on any atom is -0.756 e. The van der Waals surface area contributed by atoms with Crippen LogP contribution in [0.3, 0.4) is 0 Å². The lowest BCUT2D eigenvalue weighted by Crippen LogP contribution is -2.47. The Bertz CT molecular complexity index is 1420. The number of ether oxygens (including phenoxy) is 1. The molecule has 0 radical (unpaired) electrons. The lowest BCUT2D eigenvalue weighted by atomic mass is 10.0. The molecule has 0 heterocycles. The molecule has 440 valence electrons. The van der Waals surface area contributed by atoms with Gasteiger partial charge in [0.25, 0.3) is 7.82 Å². The van der Waals surface area contributed by atoms with Gasteiger partial charge in [0, 0.05) is 12.8 Å². The highest BCUT2D eigenvalue weighted by Gasteiger charge is 2.27. The number of carbonyl (C=O) groups excluding carboxylic acids is 2. The first kappa shape index (κ1) is 73.0. The van der Waals surface area contributed by atoms with Gasteiger partial charge in [-0.05, 0) is 83.1 Å². The van der Waals surface area contributed by atoms with Crippen LogP contribution in [0.15, 0.2) is 48.6 Å². The quantitative estimate of drug-likeness (QED) is 0.0161. The standard InChI is InChI=1S/C65H123N2O7P/c1-7-10-13-16-19-22-25-28-30-32-33-34-35-36-38-40-43-46-49-52-55-58-65(69)74-63(56-53-50-47-44-41-27-24-21-18-15-12-9-3)62(61-73-75(70,71)72-60-59-67(4,5)6)66-64(68)57-54-51-48-45-42-39-37-31-29-26-23-20-17-14-11-8-2/h28,30-31,37,39,42,53,56,62-63H,7-27,29,32-36,38,40-41,43-52,54-55,57-61H2,1-6H3,(H-,66,68,70,71)/b30-28+,37-31+,42-39+,56-53+. The summed E-state index contributed by atoms with van der Waals surface area (Å²) in [5.74, 6) is -0.564. The second-order valence-electron chi connectivity index (χ2n) is 22.9. The van der Waals surface area contributed by atoms with Gasteiger partial charge < -0.3 is 28.5 Å². The van der Waals surface area contributed by atoms with Gasteiger partial charge in [0.15, 0.2) is 0 Å². The van der Waals surface area contributed by atoms with Gasteiger partial charge in [0.2, 0.25) is 5.91 Å². The summed E-state index contributed by atoms with van der Waals surface area (Å²) >= 11 is 0. The Morgan fingerprint density at radius 3 is 1.23 bits per heavy atom. The van der Waals surface area contributed by atoms with Gasteiger partial charge in [-0.2, -0.15) is 0 Å². The Kier molecular flexibility index (Phi) is 53.8. The number of quaternary nitrogens is 1. The molecule has 0 aliphatic carbocycles. The van der Waals surface area contributed by atoms with Crippen molar-refractivity contribution in [3.8, 4) is 0 Å². The first-order valence-electron chi connectivity index (χ1n) is 32.0. The number of unbranched alkanes of at least 4 members (excludes halogenated alkanes) is 37. The zero-order valence-electron chi connectivity index (χ0n) is 50.3. The molecule has 0 aromatic heterocycles. The summed E-state index contributed by atoms with van der Waals surface area (Å²) in [6.45, 7) is 6.84. The second kappa shape index (κ2) is 55.3. The maximum Gasteiger partial charge on any atom is 0.306 e. The topological polar surface area (TPSA) is 114 Å². The molecule has 75 heavy (non-hydrogen) atoms. The SMILES string of the molecule is CCCCCCCC/C=C/CCCCCCCCCCCCCC(=O)OC(/C=C/CCCCCCCCCCCC)C(COP(=O)([O-])OCC[N+](C)(C)C)NC(=O)CCCCC/C=C/C=C/CCCCCCCCC. The van der Waals surface area contributed by atoms with E-state index in [1.165, 1.54) is 199 Å². The van der Waals surface area contributed by atoms with Crippen molar-refractivity contribution in [1.82, 2.24) is 5.32 Å². The van der Waals surface area contributed by atoms with Crippen LogP contribution in [-0.4, -0.2) is 69.4 Å². The molecule has 0 aromatic rings. The van der Waals surface area contributed by atoms with Crippen LogP contribution in [0.1, 0.15) is 303 Å². The van der Waals surface area contributed by atoms with Crippen LogP contribution in [0.25, 0.3) is 0 Å². The molecule has 0 saturated heterocycles. The zero-order valence-corrected chi connectivity index (χ0v) is 51.2. The average molecular weight is 1080 g/mol. The van der Waals surface area contributed by atoms with Crippen molar-refractivity contribution in [3.05, 3.63) is 48.6 Å². The number of hydrogen-bond donors (Lipinski definition) is 1. The van der Waals surface area contributed by atoms with Gasteiger partial charge >= 0.3 is 5.97 Å². The van der Waals surface area contributed by atoms with E-state index in [1.807, 2.05) is 33.3 Å². The largest absolute Gasteiger partial charge is 0.756 e. The predicted molar refractivity (Wildman–Crippen MR) is 321 cm³/mol. The molecule has 0 aliphatic heterocycles. The van der Waals surface area contributed by atoms with Crippen LogP contribution in [-0.2, 0) is 27.9 Å². The number of esters is 1. The summed E-state index contributed by atoms with van der Waals surface area (Å²) < 4.78 is 30.3. The van der Waals surface area contributed by atoms with E-state index in [-0.39, 0.29) is 31.3 Å². The number of nitrogens with zero attached hydrogens (tertiary/aromatic N) is 1. The molecule has 9 nitrogen and oxygen atoms in total. The molecule has 1 amide bonds. The van der Waals surface area contributed by atoms with Crippen molar-refractivity contribution < 1.29 is 37.3 Å². The molecule has 0 spiro atoms. The number of likely N-dealkylation sites (N-methyl/N-ethyl adjacent to an activating group) is 1. The molecule has 0 aromatic carbocycles. The highest BCUT2D eigenvalue weighted by atomic mass is 31.2. The van der Waals surface area contributed by atoms with Crippen LogP contribution in [0.5, 0.6) is 0 Å². The van der Waals surface area contributed by atoms with Crippen molar-refractivity contribution in [1.29, 1.82) is 0 Å². The number of amides is 1. The van der Waals surface area contributed by atoms with Crippen LogP contribution in [0.2, 0.25) is 0 Å². The Morgan fingerprint density at radius 1 is 0.467 bits per heavy atom. The van der Waals surface area contributed by atoms with Gasteiger partial charge in [0.1, 0.15) is 19.3 Å². The summed E-state index contributed by atoms with van der Waals surface area (Å²) in [5, 5.41) is 3.02. The molecular formula is C65H123N2O7P. The summed E-state index contributed by atoms with van der Waals surface area (Å²) in [6, 6.07) is -0.901. The summed E-state index contributed by atoms with van der Waals surface area (Å²) in [4.78, 5) is 40.0. The van der Waals surface area contributed by atoms with E-state index in [1.54, 1.807) is 0 Å². The fourth-order valence-electron chi connectivity index (χ4n) is 9.27. The molecule has 0 aliphatic rings. The normalized spacial score (nSPS) is 14.0. The Hall–Kier alpha value is -2.03. The van der Waals surface area contributed by atoms with E-state index >= 15 is 0 Å². The minimum atomic E-state index is -4.70. The molecule has 0 rings (SSSR count). The first-order valence-corrected chi connectivity index (χ1v) is 33.4. The van der Waals surface area contributed by atoms with Gasteiger partial charge in [0.05, 0.1) is 33.8 Å². The van der Waals surface area contributed by atoms with Crippen molar-refractivity contribution in [2.45, 2.75) is 315 Å². The van der Waals surface area contributed by atoms with Crippen molar-refractivity contribution in [2.24, 2.45) is 0 Å². The van der Waals surface area contributed by atoms with Gasteiger partial charge in [-0.1, -0.05) is 256 Å². The Morgan fingerprint density at radius 2 is 0.813 bits per heavy atom. The monoisotopic (exact) mass is 1070 g/mol. The summed E-state index contributed by atoms with van der Waals surface area (Å²) in [7, 11) is 1.17. The number of phosphoric ester groups is 1. The second-order valence-corrected chi connectivity index (χ2v) is 24.3. The van der Waals surface area contributed by atoms with Crippen LogP contribution < -0.4 is 10.2 Å². The third-order valence-corrected chi connectivity index (χ3v) is 15.2. The van der Waals surface area contributed by atoms with Crippen molar-refractivity contribution >= 4 is 19.7 Å². The lowest BCUT2D eigenvalue weighted by molar-refractivity contribution is -0.870. The maximum atomic E-state index is 13.5. The van der Waals surface area contributed by atoms with Crippen molar-refractivity contribution in [3.63, 3.8) is 0 Å². The van der Waals surface area contributed by atoms with Crippen LogP contribution >= 0.6 is 7.82 Å². The molecular weight excluding hydrogens is 952 g/mol. The fourth-order valence-corrected chi connectivity index (χ4v) is 10.00. The van der Waals surface area contributed by atoms with Gasteiger partial charge in [-0.3, -0.25) is 14.2 Å². The third kappa shape index (κ3) is 56.5. The average Bonchev–Trinajstić information content (AvgIpc) is 3.37. The van der Waals surface area contributed by atoms with E-state index in [2.05, 4.69) is 62.5 Å². The number of rotatable bonds is 58. The van der Waals surface area contributed by atoms with Gasteiger partial charge in [-0.15, -0.1) is 0 Å². The molecule has 3 atom stereocenters. The zero-order chi connectivity index (χ0) is 55.0. The van der Waals surface area contributed by atoms with E-state index in [4.69, 9.17) is 13.8 Å². The lowest BCUT2D eigenvalue weighted by Gasteiger charge is -2.30. The molecule has 10 heteroatoms. The Labute approximate surface area is 465 Å². The van der Waals surface area contributed by atoms with E-state index in [0.717, 1.165) is 64.2 Å². The van der Waals surface area contributed by atoms with Crippen LogP contribution in [0, 0.1) is 0 Å². The molecule has 0 bridgehead atoms. The fraction of sp³-hybridized carbons (Fsp3) is 0.846. The highest BCUT2D eigenvalue weighted by molar-refractivity contribution is 7.45. The van der Waals surface area contributed by atoms with E-state index in [9.17, 15) is 19.0 Å². The number of hydrogen-bond acceptors (Lipinski definition) is 7. The molecule has 0 fully saturated rings. The maximum absolute atomic E-state index is 13.5. The summed E-state index contributed by atoms with van der Waals surface area (Å²) in [6.07, 6.45) is 68.0. The smallest absolute Gasteiger partial charge is 0.306 e. The van der Waals surface area contributed by atoms with E-state index in [0.29, 0.717) is 17.4 Å². The molecule has 1 N–H and O–H groups in total. The number of nitrogens with one attached hydrogen (secondary N) is 1. The van der Waals surface area contributed by atoms with Crippen LogP contribution in [0.4, 0.5) is 0 Å². The third-order valence-electron chi connectivity index (χ3n) is 14.3. The number of phosphoric acid groups is 1. The van der Waals surface area contributed by atoms with Crippen molar-refractivity contribution in [2.75, 3.05) is 40.9 Å². The molecule has 3 unspecified atom stereocenters. The number of allylic oxidation sites excluding steroid dienone is 7. The number of carbonyl (C=O) groups is 2. The predicted octanol–water partition coefficient (Wildman–Crippen LogP) is 19.0. The highest BCUT2D eigenvalue weighted by Crippen LogP contribution is 2.38.